The Morgan fingerprint density at radius 2 is 2.07 bits per heavy atom. The highest BCUT2D eigenvalue weighted by Crippen LogP contribution is 2.27. The zero-order valence-electron chi connectivity index (χ0n) is 15.9. The van der Waals surface area contributed by atoms with E-state index in [1.54, 1.807) is 13.3 Å². The summed E-state index contributed by atoms with van der Waals surface area (Å²) in [6.07, 6.45) is 2.54. The van der Waals surface area contributed by atoms with Crippen LogP contribution in [-0.4, -0.2) is 57.3 Å². The average molecular weight is 504 g/mol. The van der Waals surface area contributed by atoms with Gasteiger partial charge in [0.2, 0.25) is 0 Å². The predicted octanol–water partition coefficient (Wildman–Crippen LogP) is 3.05. The third-order valence-corrected chi connectivity index (χ3v) is 5.61. The molecule has 6 nitrogen and oxygen atoms in total. The van der Waals surface area contributed by atoms with Crippen LogP contribution in [0.2, 0.25) is 0 Å². The summed E-state index contributed by atoms with van der Waals surface area (Å²) in [5.41, 5.74) is 0. The standard InChI is InChI=1S/C19H28N4O2S.HI/c1-15-5-6-18(26-15)17(23-9-12-24-13-10-23)14-22-19(20-2)21-8-7-16-4-3-11-25-16;/h3-6,11,17H,7-10,12-14H2,1-2H3,(H2,20,21,22);1H. The van der Waals surface area contributed by atoms with Gasteiger partial charge >= 0.3 is 0 Å². The Balaban J connectivity index is 0.00000261. The van der Waals surface area contributed by atoms with Crippen molar-refractivity contribution < 1.29 is 9.15 Å². The smallest absolute Gasteiger partial charge is 0.191 e. The number of hydrogen-bond acceptors (Lipinski definition) is 5. The van der Waals surface area contributed by atoms with Gasteiger partial charge in [-0.25, -0.2) is 0 Å². The molecule has 0 spiro atoms. The Bertz CT molecular complexity index is 684. The number of aliphatic imine (C=N–C) groups is 1. The fourth-order valence-electron chi connectivity index (χ4n) is 3.10. The van der Waals surface area contributed by atoms with Crippen molar-refractivity contribution in [3.05, 3.63) is 46.0 Å². The summed E-state index contributed by atoms with van der Waals surface area (Å²) in [5, 5.41) is 6.85. The van der Waals surface area contributed by atoms with Crippen LogP contribution in [0.3, 0.4) is 0 Å². The lowest BCUT2D eigenvalue weighted by Gasteiger charge is -2.34. The predicted molar refractivity (Wildman–Crippen MR) is 121 cm³/mol. The molecule has 1 fully saturated rings. The summed E-state index contributed by atoms with van der Waals surface area (Å²) in [7, 11) is 1.81. The summed E-state index contributed by atoms with van der Waals surface area (Å²) < 4.78 is 10.9. The quantitative estimate of drug-likeness (QED) is 0.345. The van der Waals surface area contributed by atoms with Crippen molar-refractivity contribution in [2.75, 3.05) is 46.4 Å². The highest BCUT2D eigenvalue weighted by Gasteiger charge is 2.24. The van der Waals surface area contributed by atoms with E-state index in [-0.39, 0.29) is 24.0 Å². The van der Waals surface area contributed by atoms with Gasteiger partial charge < -0.3 is 19.8 Å². The lowest BCUT2D eigenvalue weighted by Crippen LogP contribution is -2.46. The average Bonchev–Trinajstić information content (AvgIpc) is 3.33. The Morgan fingerprint density at radius 3 is 2.70 bits per heavy atom. The fraction of sp³-hybridized carbons (Fsp3) is 0.526. The fourth-order valence-corrected chi connectivity index (χ4v) is 4.12. The largest absolute Gasteiger partial charge is 0.469 e. The van der Waals surface area contributed by atoms with Gasteiger partial charge in [0, 0.05) is 49.4 Å². The molecule has 1 aliphatic heterocycles. The molecule has 1 unspecified atom stereocenters. The number of halogens is 1. The molecule has 150 valence electrons. The Hall–Kier alpha value is -1.10. The maximum absolute atomic E-state index is 5.52. The lowest BCUT2D eigenvalue weighted by atomic mass is 10.2. The van der Waals surface area contributed by atoms with Gasteiger partial charge in [0.15, 0.2) is 5.96 Å². The van der Waals surface area contributed by atoms with Crippen LogP contribution >= 0.6 is 35.3 Å². The normalized spacial score (nSPS) is 16.6. The maximum atomic E-state index is 5.52. The van der Waals surface area contributed by atoms with E-state index >= 15 is 0 Å². The molecule has 1 atom stereocenters. The van der Waals surface area contributed by atoms with Crippen LogP contribution in [0.1, 0.15) is 21.6 Å². The number of guanidine groups is 1. The topological polar surface area (TPSA) is 62.0 Å². The number of ether oxygens (including phenoxy) is 1. The first-order valence-corrected chi connectivity index (χ1v) is 9.93. The van der Waals surface area contributed by atoms with Crippen molar-refractivity contribution in [3.63, 3.8) is 0 Å². The lowest BCUT2D eigenvalue weighted by molar-refractivity contribution is 0.0177. The number of aryl methyl sites for hydroxylation is 1. The molecule has 2 aromatic heterocycles. The molecule has 0 bridgehead atoms. The number of morpholine rings is 1. The van der Waals surface area contributed by atoms with E-state index in [0.29, 0.717) is 6.04 Å². The third kappa shape index (κ3) is 6.78. The summed E-state index contributed by atoms with van der Waals surface area (Å²) in [4.78, 5) is 9.58. The number of furan rings is 1. The third-order valence-electron chi connectivity index (χ3n) is 4.51. The van der Waals surface area contributed by atoms with Gasteiger partial charge in [-0.1, -0.05) is 0 Å². The van der Waals surface area contributed by atoms with Gasteiger partial charge in [0.05, 0.1) is 25.5 Å². The Labute approximate surface area is 182 Å². The molecular weight excluding hydrogens is 475 g/mol. The summed E-state index contributed by atoms with van der Waals surface area (Å²) in [5.74, 6) is 1.80. The molecule has 0 aliphatic carbocycles. The van der Waals surface area contributed by atoms with Gasteiger partial charge in [0.25, 0.3) is 0 Å². The number of rotatable bonds is 7. The van der Waals surface area contributed by atoms with Gasteiger partial charge in [-0.15, -0.1) is 35.3 Å². The molecule has 27 heavy (non-hydrogen) atoms. The highest BCUT2D eigenvalue weighted by atomic mass is 127. The first-order chi connectivity index (χ1) is 12.8. The van der Waals surface area contributed by atoms with Gasteiger partial charge in [-0.2, -0.15) is 0 Å². The molecule has 1 saturated heterocycles. The molecule has 3 heterocycles. The van der Waals surface area contributed by atoms with Crippen LogP contribution in [0.4, 0.5) is 0 Å². The Morgan fingerprint density at radius 1 is 1.26 bits per heavy atom. The number of hydrogen-bond donors (Lipinski definition) is 2. The molecule has 0 saturated carbocycles. The summed E-state index contributed by atoms with van der Waals surface area (Å²) >= 11 is 1.87. The minimum absolute atomic E-state index is 0. The molecule has 3 rings (SSSR count). The first-order valence-electron chi connectivity index (χ1n) is 9.11. The molecule has 0 amide bonds. The molecule has 2 aromatic rings. The number of nitrogens with zero attached hydrogens (tertiary/aromatic N) is 2. The van der Waals surface area contributed by atoms with Gasteiger partial charge in [-0.05, 0) is 31.2 Å². The van der Waals surface area contributed by atoms with Gasteiger partial charge in [-0.3, -0.25) is 9.89 Å². The van der Waals surface area contributed by atoms with E-state index in [4.69, 9.17) is 9.15 Å². The second-order valence-electron chi connectivity index (χ2n) is 6.32. The van der Waals surface area contributed by atoms with Gasteiger partial charge in [0.1, 0.15) is 5.76 Å². The van der Waals surface area contributed by atoms with E-state index in [0.717, 1.165) is 57.5 Å². The highest BCUT2D eigenvalue weighted by molar-refractivity contribution is 14.0. The van der Waals surface area contributed by atoms with E-state index in [1.165, 1.54) is 9.75 Å². The van der Waals surface area contributed by atoms with E-state index < -0.39 is 0 Å². The maximum Gasteiger partial charge on any atom is 0.191 e. The second kappa shape index (κ2) is 11.7. The summed E-state index contributed by atoms with van der Waals surface area (Å²) in [6.45, 7) is 7.30. The summed E-state index contributed by atoms with van der Waals surface area (Å²) in [6, 6.07) is 8.68. The molecule has 8 heteroatoms. The minimum Gasteiger partial charge on any atom is -0.469 e. The number of thiophene rings is 1. The van der Waals surface area contributed by atoms with Crippen LogP contribution in [0.15, 0.2) is 39.9 Å². The van der Waals surface area contributed by atoms with Crippen molar-refractivity contribution in [1.29, 1.82) is 0 Å². The van der Waals surface area contributed by atoms with E-state index in [2.05, 4.69) is 39.6 Å². The SMILES string of the molecule is CN=C(NCCc1ccco1)NCC(c1ccc(C)s1)N1CCOCC1.I. The van der Waals surface area contributed by atoms with E-state index in [1.807, 2.05) is 23.5 Å². The molecule has 0 aromatic carbocycles. The molecule has 0 radical (unpaired) electrons. The molecule has 2 N–H and O–H groups in total. The van der Waals surface area contributed by atoms with E-state index in [9.17, 15) is 0 Å². The van der Waals surface area contributed by atoms with Crippen molar-refractivity contribution in [1.82, 2.24) is 15.5 Å². The van der Waals surface area contributed by atoms with Crippen LogP contribution in [0.5, 0.6) is 0 Å². The second-order valence-corrected chi connectivity index (χ2v) is 7.64. The number of nitrogens with one attached hydrogen (secondary N) is 2. The Kier molecular flexibility index (Phi) is 9.60. The zero-order valence-corrected chi connectivity index (χ0v) is 19.1. The van der Waals surface area contributed by atoms with Crippen LogP contribution in [-0.2, 0) is 11.2 Å². The van der Waals surface area contributed by atoms with Crippen LogP contribution in [0, 0.1) is 6.92 Å². The first kappa shape index (κ1) is 22.2. The van der Waals surface area contributed by atoms with Crippen LogP contribution in [0.25, 0.3) is 0 Å². The zero-order chi connectivity index (χ0) is 18.2. The van der Waals surface area contributed by atoms with Crippen molar-refractivity contribution in [2.45, 2.75) is 19.4 Å². The molecular formula is C19H29IN4O2S. The van der Waals surface area contributed by atoms with Crippen molar-refractivity contribution in [3.8, 4) is 0 Å². The van der Waals surface area contributed by atoms with Crippen molar-refractivity contribution >= 4 is 41.3 Å². The monoisotopic (exact) mass is 504 g/mol. The minimum atomic E-state index is 0. The van der Waals surface area contributed by atoms with Crippen molar-refractivity contribution in [2.24, 2.45) is 4.99 Å². The van der Waals surface area contributed by atoms with Crippen LogP contribution < -0.4 is 10.6 Å². The molecule has 1 aliphatic rings.